The van der Waals surface area contributed by atoms with Crippen molar-refractivity contribution in [1.82, 2.24) is 14.8 Å². The van der Waals surface area contributed by atoms with Gasteiger partial charge in [0, 0.05) is 5.75 Å². The minimum absolute atomic E-state index is 0.806. The monoisotopic (exact) mass is 325 g/mol. The van der Waals surface area contributed by atoms with E-state index in [-0.39, 0.29) is 0 Å². The number of ether oxygens (including phenoxy) is 1. The number of aryl methyl sites for hydroxylation is 2. The Kier molecular flexibility index (Phi) is 4.67. The van der Waals surface area contributed by atoms with Crippen LogP contribution < -0.4 is 4.74 Å². The first kappa shape index (κ1) is 15.6. The number of hydrogen-bond donors (Lipinski definition) is 0. The fourth-order valence-corrected chi connectivity index (χ4v) is 3.47. The molecule has 0 fully saturated rings. The lowest BCUT2D eigenvalue weighted by molar-refractivity contribution is 0.412. The summed E-state index contributed by atoms with van der Waals surface area (Å²) < 4.78 is 7.40. The van der Waals surface area contributed by atoms with E-state index in [9.17, 15) is 0 Å². The van der Waals surface area contributed by atoms with Crippen molar-refractivity contribution in [3.05, 3.63) is 65.5 Å². The van der Waals surface area contributed by atoms with Crippen molar-refractivity contribution >= 4 is 11.8 Å². The summed E-state index contributed by atoms with van der Waals surface area (Å²) in [6, 6.07) is 14.5. The third-order valence-corrected chi connectivity index (χ3v) is 4.52. The third-order valence-electron chi connectivity index (χ3n) is 3.51. The zero-order valence-corrected chi connectivity index (χ0v) is 14.3. The number of thioether (sulfide) groups is 1. The average Bonchev–Trinajstić information content (AvgIpc) is 3.00. The topological polar surface area (TPSA) is 39.9 Å². The van der Waals surface area contributed by atoms with Gasteiger partial charge in [-0.3, -0.25) is 4.57 Å². The molecule has 0 unspecified atom stereocenters. The summed E-state index contributed by atoms with van der Waals surface area (Å²) in [6.07, 6.45) is 1.72. The van der Waals surface area contributed by atoms with E-state index >= 15 is 0 Å². The highest BCUT2D eigenvalue weighted by atomic mass is 32.2. The van der Waals surface area contributed by atoms with Crippen LogP contribution in [-0.4, -0.2) is 21.9 Å². The molecule has 118 valence electrons. The van der Waals surface area contributed by atoms with Gasteiger partial charge in [-0.2, -0.15) is 0 Å². The molecule has 0 aliphatic rings. The van der Waals surface area contributed by atoms with Gasteiger partial charge in [0.15, 0.2) is 5.16 Å². The molecule has 0 spiro atoms. The molecule has 0 bridgehead atoms. The van der Waals surface area contributed by atoms with E-state index in [2.05, 4.69) is 42.2 Å². The fourth-order valence-electron chi connectivity index (χ4n) is 2.62. The van der Waals surface area contributed by atoms with Crippen molar-refractivity contribution in [3.63, 3.8) is 0 Å². The number of hydrogen-bond acceptors (Lipinski definition) is 4. The molecule has 5 heteroatoms. The number of benzene rings is 2. The fraction of sp³-hybridized carbons (Fsp3) is 0.222. The zero-order valence-electron chi connectivity index (χ0n) is 13.5. The van der Waals surface area contributed by atoms with Gasteiger partial charge in [-0.15, -0.1) is 10.2 Å². The normalized spacial score (nSPS) is 10.7. The minimum atomic E-state index is 0.806. The molecular weight excluding hydrogens is 306 g/mol. The Labute approximate surface area is 140 Å². The molecule has 0 amide bonds. The molecule has 1 aromatic heterocycles. The molecule has 0 aliphatic carbocycles. The molecule has 23 heavy (non-hydrogen) atoms. The predicted octanol–water partition coefficient (Wildman–Crippen LogP) is 4.19. The van der Waals surface area contributed by atoms with E-state index in [1.54, 1.807) is 25.2 Å². The van der Waals surface area contributed by atoms with Gasteiger partial charge in [0.05, 0.1) is 12.8 Å². The number of methoxy groups -OCH3 is 1. The van der Waals surface area contributed by atoms with Gasteiger partial charge in [-0.1, -0.05) is 53.2 Å². The summed E-state index contributed by atoms with van der Waals surface area (Å²) in [4.78, 5) is 0. The van der Waals surface area contributed by atoms with Crippen molar-refractivity contribution < 1.29 is 4.74 Å². The quantitative estimate of drug-likeness (QED) is 0.660. The molecule has 3 aromatic rings. The van der Waals surface area contributed by atoms with Crippen LogP contribution in [-0.2, 0) is 5.75 Å². The molecular formula is C18H19N3OS. The van der Waals surface area contributed by atoms with Gasteiger partial charge in [-0.25, -0.2) is 0 Å². The predicted molar refractivity (Wildman–Crippen MR) is 93.4 cm³/mol. The average molecular weight is 325 g/mol. The Balaban J connectivity index is 1.84. The van der Waals surface area contributed by atoms with Crippen LogP contribution >= 0.6 is 11.8 Å². The summed E-state index contributed by atoms with van der Waals surface area (Å²) in [5, 5.41) is 9.16. The maximum atomic E-state index is 5.43. The van der Waals surface area contributed by atoms with Crippen molar-refractivity contribution in [1.29, 1.82) is 0 Å². The highest BCUT2D eigenvalue weighted by Gasteiger charge is 2.11. The molecule has 0 aliphatic heterocycles. The van der Waals surface area contributed by atoms with E-state index in [1.807, 2.05) is 28.8 Å². The molecule has 0 atom stereocenters. The smallest absolute Gasteiger partial charge is 0.196 e. The van der Waals surface area contributed by atoms with Crippen LogP contribution in [0, 0.1) is 13.8 Å². The largest absolute Gasteiger partial charge is 0.495 e. The first-order chi connectivity index (χ1) is 11.2. The van der Waals surface area contributed by atoms with Crippen LogP contribution in [0.25, 0.3) is 5.69 Å². The first-order valence-corrected chi connectivity index (χ1v) is 8.39. The number of aromatic nitrogens is 3. The second kappa shape index (κ2) is 6.87. The maximum absolute atomic E-state index is 5.43. The van der Waals surface area contributed by atoms with Crippen molar-refractivity contribution in [3.8, 4) is 11.4 Å². The second-order valence-corrected chi connectivity index (χ2v) is 6.38. The molecule has 0 N–H and O–H groups in total. The van der Waals surface area contributed by atoms with Crippen LogP contribution in [0.3, 0.4) is 0 Å². The standard InChI is InChI=1S/C18H19N3OS/c1-13-8-14(2)10-15(9-13)11-23-18-20-19-12-21(18)16-6-4-5-7-17(16)22-3/h4-10,12H,11H2,1-3H3. The molecule has 3 rings (SSSR count). The van der Waals surface area contributed by atoms with Crippen LogP contribution in [0.5, 0.6) is 5.75 Å². The van der Waals surface area contributed by atoms with Crippen LogP contribution in [0.2, 0.25) is 0 Å². The Morgan fingerprint density at radius 3 is 2.57 bits per heavy atom. The summed E-state index contributed by atoms with van der Waals surface area (Å²) in [5.74, 6) is 1.66. The number of para-hydroxylation sites is 2. The van der Waals surface area contributed by atoms with Gasteiger partial charge in [-0.05, 0) is 31.5 Å². The third kappa shape index (κ3) is 3.56. The van der Waals surface area contributed by atoms with Crippen molar-refractivity contribution in [2.24, 2.45) is 0 Å². The van der Waals surface area contributed by atoms with E-state index < -0.39 is 0 Å². The van der Waals surface area contributed by atoms with Gasteiger partial charge >= 0.3 is 0 Å². The summed E-state index contributed by atoms with van der Waals surface area (Å²) in [7, 11) is 1.67. The Hall–Kier alpha value is -2.27. The number of nitrogens with zero attached hydrogens (tertiary/aromatic N) is 3. The SMILES string of the molecule is COc1ccccc1-n1cnnc1SCc1cc(C)cc(C)c1. The summed E-state index contributed by atoms with van der Waals surface area (Å²) in [6.45, 7) is 4.25. The van der Waals surface area contributed by atoms with E-state index in [1.165, 1.54) is 16.7 Å². The van der Waals surface area contributed by atoms with Crippen LogP contribution in [0.1, 0.15) is 16.7 Å². The molecule has 1 heterocycles. The molecule has 4 nitrogen and oxygen atoms in total. The number of rotatable bonds is 5. The van der Waals surface area contributed by atoms with Crippen LogP contribution in [0.15, 0.2) is 53.9 Å². The summed E-state index contributed by atoms with van der Waals surface area (Å²) >= 11 is 1.67. The summed E-state index contributed by atoms with van der Waals surface area (Å²) in [5.41, 5.74) is 4.81. The van der Waals surface area contributed by atoms with Gasteiger partial charge in [0.2, 0.25) is 0 Å². The van der Waals surface area contributed by atoms with Crippen molar-refractivity contribution in [2.75, 3.05) is 7.11 Å². The molecule has 0 radical (unpaired) electrons. The zero-order chi connectivity index (χ0) is 16.2. The lowest BCUT2D eigenvalue weighted by Gasteiger charge is -2.11. The second-order valence-electron chi connectivity index (χ2n) is 5.44. The van der Waals surface area contributed by atoms with E-state index in [4.69, 9.17) is 4.74 Å². The Bertz CT molecular complexity index is 793. The van der Waals surface area contributed by atoms with Crippen molar-refractivity contribution in [2.45, 2.75) is 24.8 Å². The van der Waals surface area contributed by atoms with E-state index in [0.717, 1.165) is 22.3 Å². The van der Waals surface area contributed by atoms with E-state index in [0.29, 0.717) is 0 Å². The van der Waals surface area contributed by atoms with Gasteiger partial charge in [0.25, 0.3) is 0 Å². The molecule has 0 saturated heterocycles. The molecule has 0 saturated carbocycles. The highest BCUT2D eigenvalue weighted by molar-refractivity contribution is 7.98. The molecule has 2 aromatic carbocycles. The Morgan fingerprint density at radius 2 is 1.83 bits per heavy atom. The Morgan fingerprint density at radius 1 is 1.09 bits per heavy atom. The van der Waals surface area contributed by atoms with Crippen LogP contribution in [0.4, 0.5) is 0 Å². The highest BCUT2D eigenvalue weighted by Crippen LogP contribution is 2.28. The lowest BCUT2D eigenvalue weighted by atomic mass is 10.1. The van der Waals surface area contributed by atoms with Gasteiger partial charge in [0.1, 0.15) is 12.1 Å². The van der Waals surface area contributed by atoms with Gasteiger partial charge < -0.3 is 4.74 Å². The lowest BCUT2D eigenvalue weighted by Crippen LogP contribution is -1.98. The maximum Gasteiger partial charge on any atom is 0.196 e. The minimum Gasteiger partial charge on any atom is -0.495 e. The first-order valence-electron chi connectivity index (χ1n) is 7.41.